The molecular formula is C15H21N3O2. The van der Waals surface area contributed by atoms with Crippen LogP contribution in [0, 0.1) is 18.8 Å². The average molecular weight is 275 g/mol. The van der Waals surface area contributed by atoms with E-state index in [2.05, 4.69) is 22.9 Å². The summed E-state index contributed by atoms with van der Waals surface area (Å²) in [6, 6.07) is 5.53. The molecule has 0 radical (unpaired) electrons. The lowest BCUT2D eigenvalue weighted by Gasteiger charge is -2.15. The Morgan fingerprint density at radius 2 is 2.00 bits per heavy atom. The van der Waals surface area contributed by atoms with Gasteiger partial charge in [0.25, 0.3) is 0 Å². The van der Waals surface area contributed by atoms with Gasteiger partial charge in [-0.1, -0.05) is 13.0 Å². The highest BCUT2D eigenvalue weighted by Crippen LogP contribution is 2.22. The molecule has 5 nitrogen and oxygen atoms in total. The van der Waals surface area contributed by atoms with E-state index < -0.39 is 0 Å². The molecule has 2 unspecified atom stereocenters. The Balaban J connectivity index is 2.09. The average Bonchev–Trinajstić information content (AvgIpc) is 2.79. The first-order valence-corrected chi connectivity index (χ1v) is 6.87. The molecule has 0 aromatic heterocycles. The summed E-state index contributed by atoms with van der Waals surface area (Å²) in [6.45, 7) is 7.05. The Hall–Kier alpha value is -1.88. The van der Waals surface area contributed by atoms with Gasteiger partial charge in [0.15, 0.2) is 0 Å². The van der Waals surface area contributed by atoms with Crippen LogP contribution in [0.5, 0.6) is 0 Å². The predicted octanol–water partition coefficient (Wildman–Crippen LogP) is 1.75. The fourth-order valence-corrected chi connectivity index (χ4v) is 2.42. The number of carbonyl (C=O) groups excluding carboxylic acids is 2. The summed E-state index contributed by atoms with van der Waals surface area (Å²) in [7, 11) is 0. The number of anilines is 2. The summed E-state index contributed by atoms with van der Waals surface area (Å²) in [5.41, 5.74) is 2.41. The van der Waals surface area contributed by atoms with E-state index >= 15 is 0 Å². The standard InChI is InChI=1S/C15H21N3O2/c1-9-4-5-12(6-14(9)17-11(3)19)18-15(20)13-8-16-7-10(13)2/h4-6,10,13,16H,7-8H2,1-3H3,(H,17,19)(H,18,20). The molecular weight excluding hydrogens is 254 g/mol. The van der Waals surface area contributed by atoms with Crippen molar-refractivity contribution >= 4 is 23.2 Å². The highest BCUT2D eigenvalue weighted by Gasteiger charge is 2.29. The number of hydrogen-bond donors (Lipinski definition) is 3. The largest absolute Gasteiger partial charge is 0.326 e. The zero-order valence-corrected chi connectivity index (χ0v) is 12.1. The van der Waals surface area contributed by atoms with Gasteiger partial charge in [-0.2, -0.15) is 0 Å². The molecule has 1 aromatic carbocycles. The van der Waals surface area contributed by atoms with E-state index in [-0.39, 0.29) is 17.7 Å². The minimum Gasteiger partial charge on any atom is -0.326 e. The van der Waals surface area contributed by atoms with Gasteiger partial charge in [-0.15, -0.1) is 0 Å². The summed E-state index contributed by atoms with van der Waals surface area (Å²) in [5.74, 6) is 0.251. The predicted molar refractivity (Wildman–Crippen MR) is 79.6 cm³/mol. The second-order valence-electron chi connectivity index (χ2n) is 5.44. The van der Waals surface area contributed by atoms with E-state index in [0.717, 1.165) is 24.3 Å². The van der Waals surface area contributed by atoms with Crippen LogP contribution in [-0.4, -0.2) is 24.9 Å². The Morgan fingerprint density at radius 3 is 2.60 bits per heavy atom. The lowest BCUT2D eigenvalue weighted by Crippen LogP contribution is -2.27. The monoisotopic (exact) mass is 275 g/mol. The summed E-state index contributed by atoms with van der Waals surface area (Å²) < 4.78 is 0. The molecule has 2 atom stereocenters. The smallest absolute Gasteiger partial charge is 0.229 e. The van der Waals surface area contributed by atoms with Crippen LogP contribution in [-0.2, 0) is 9.59 Å². The third-order valence-corrected chi connectivity index (χ3v) is 3.67. The number of amides is 2. The van der Waals surface area contributed by atoms with Gasteiger partial charge >= 0.3 is 0 Å². The number of benzene rings is 1. The highest BCUT2D eigenvalue weighted by atomic mass is 16.2. The van der Waals surface area contributed by atoms with Gasteiger partial charge in [0.1, 0.15) is 0 Å². The topological polar surface area (TPSA) is 70.2 Å². The Morgan fingerprint density at radius 1 is 1.25 bits per heavy atom. The van der Waals surface area contributed by atoms with Crippen LogP contribution in [0.3, 0.4) is 0 Å². The van der Waals surface area contributed by atoms with E-state index in [1.807, 2.05) is 19.1 Å². The van der Waals surface area contributed by atoms with Crippen molar-refractivity contribution in [2.45, 2.75) is 20.8 Å². The fraction of sp³-hybridized carbons (Fsp3) is 0.467. The number of carbonyl (C=O) groups is 2. The van der Waals surface area contributed by atoms with E-state index in [1.54, 1.807) is 6.07 Å². The quantitative estimate of drug-likeness (QED) is 0.787. The third kappa shape index (κ3) is 3.36. The van der Waals surface area contributed by atoms with Gasteiger partial charge in [0.05, 0.1) is 5.92 Å². The zero-order chi connectivity index (χ0) is 14.7. The number of aryl methyl sites for hydroxylation is 1. The molecule has 0 aliphatic carbocycles. The van der Waals surface area contributed by atoms with Gasteiger partial charge in [0.2, 0.25) is 11.8 Å². The number of hydrogen-bond acceptors (Lipinski definition) is 3. The summed E-state index contributed by atoms with van der Waals surface area (Å²) in [5, 5.41) is 8.90. The molecule has 5 heteroatoms. The highest BCUT2D eigenvalue weighted by molar-refractivity contribution is 5.95. The molecule has 1 saturated heterocycles. The molecule has 3 N–H and O–H groups in total. The summed E-state index contributed by atoms with van der Waals surface area (Å²) in [6.07, 6.45) is 0. The minimum atomic E-state index is -0.120. The molecule has 1 aromatic rings. The van der Waals surface area contributed by atoms with Crippen molar-refractivity contribution in [1.29, 1.82) is 0 Å². The van der Waals surface area contributed by atoms with Crippen molar-refractivity contribution in [2.75, 3.05) is 23.7 Å². The number of rotatable bonds is 3. The van der Waals surface area contributed by atoms with Gasteiger partial charge < -0.3 is 16.0 Å². The minimum absolute atomic E-state index is 0.000481. The van der Waals surface area contributed by atoms with Crippen LogP contribution in [0.4, 0.5) is 11.4 Å². The van der Waals surface area contributed by atoms with Gasteiger partial charge in [-0.3, -0.25) is 9.59 Å². The van der Waals surface area contributed by atoms with Gasteiger partial charge in [-0.25, -0.2) is 0 Å². The van der Waals surface area contributed by atoms with Crippen molar-refractivity contribution in [2.24, 2.45) is 11.8 Å². The van der Waals surface area contributed by atoms with E-state index in [0.29, 0.717) is 11.6 Å². The SMILES string of the molecule is CC(=O)Nc1cc(NC(=O)C2CNCC2C)ccc1C. The molecule has 0 saturated carbocycles. The Labute approximate surface area is 119 Å². The van der Waals surface area contributed by atoms with Crippen molar-refractivity contribution < 1.29 is 9.59 Å². The zero-order valence-electron chi connectivity index (χ0n) is 12.1. The lowest BCUT2D eigenvalue weighted by molar-refractivity contribution is -0.120. The number of nitrogens with one attached hydrogen (secondary N) is 3. The molecule has 2 amide bonds. The first-order valence-electron chi connectivity index (χ1n) is 6.87. The van der Waals surface area contributed by atoms with Crippen LogP contribution in [0.1, 0.15) is 19.4 Å². The molecule has 1 heterocycles. The van der Waals surface area contributed by atoms with Crippen LogP contribution in [0.2, 0.25) is 0 Å². The maximum Gasteiger partial charge on any atom is 0.229 e. The summed E-state index contributed by atoms with van der Waals surface area (Å²) in [4.78, 5) is 23.3. The molecule has 0 bridgehead atoms. The van der Waals surface area contributed by atoms with Crippen molar-refractivity contribution in [3.8, 4) is 0 Å². The first-order chi connectivity index (χ1) is 9.47. The van der Waals surface area contributed by atoms with Crippen LogP contribution >= 0.6 is 0 Å². The molecule has 1 fully saturated rings. The van der Waals surface area contributed by atoms with Gasteiger partial charge in [-0.05, 0) is 37.1 Å². The van der Waals surface area contributed by atoms with Crippen LogP contribution in [0.25, 0.3) is 0 Å². The van der Waals surface area contributed by atoms with Crippen molar-refractivity contribution in [3.05, 3.63) is 23.8 Å². The molecule has 1 aliphatic rings. The normalized spacial score (nSPS) is 21.6. The first kappa shape index (κ1) is 14.5. The summed E-state index contributed by atoms with van der Waals surface area (Å²) >= 11 is 0. The van der Waals surface area contributed by atoms with Crippen LogP contribution < -0.4 is 16.0 Å². The molecule has 2 rings (SSSR count). The Bertz CT molecular complexity index is 528. The van der Waals surface area contributed by atoms with Crippen LogP contribution in [0.15, 0.2) is 18.2 Å². The fourth-order valence-electron chi connectivity index (χ4n) is 2.42. The van der Waals surface area contributed by atoms with E-state index in [4.69, 9.17) is 0 Å². The third-order valence-electron chi connectivity index (χ3n) is 3.67. The maximum atomic E-state index is 12.2. The molecule has 0 spiro atoms. The van der Waals surface area contributed by atoms with Gasteiger partial charge in [0, 0.05) is 24.8 Å². The molecule has 20 heavy (non-hydrogen) atoms. The second-order valence-corrected chi connectivity index (χ2v) is 5.44. The second kappa shape index (κ2) is 6.05. The van der Waals surface area contributed by atoms with Crippen molar-refractivity contribution in [3.63, 3.8) is 0 Å². The molecule has 1 aliphatic heterocycles. The van der Waals surface area contributed by atoms with E-state index in [9.17, 15) is 9.59 Å². The van der Waals surface area contributed by atoms with Crippen molar-refractivity contribution in [1.82, 2.24) is 5.32 Å². The molecule has 108 valence electrons. The lowest BCUT2D eigenvalue weighted by atomic mass is 9.97. The maximum absolute atomic E-state index is 12.2. The Kier molecular flexibility index (Phi) is 4.39. The van der Waals surface area contributed by atoms with E-state index in [1.165, 1.54) is 6.92 Å².